The molecule has 1 N–H and O–H groups in total. The van der Waals surface area contributed by atoms with E-state index < -0.39 is 35.9 Å². The fourth-order valence-corrected chi connectivity index (χ4v) is 3.33. The fourth-order valence-electron chi connectivity index (χ4n) is 3.33. The van der Waals surface area contributed by atoms with E-state index in [0.29, 0.717) is 0 Å². The van der Waals surface area contributed by atoms with Gasteiger partial charge < -0.3 is 14.6 Å². The summed E-state index contributed by atoms with van der Waals surface area (Å²) in [5.41, 5.74) is 0.224. The van der Waals surface area contributed by atoms with Crippen molar-refractivity contribution in [2.24, 2.45) is 0 Å². The quantitative estimate of drug-likeness (QED) is 0.795. The Hall–Kier alpha value is -2.93. The molecule has 1 aliphatic heterocycles. The molecule has 0 bridgehead atoms. The minimum atomic E-state index is -0.768. The number of carbonyl (C=O) groups is 2. The van der Waals surface area contributed by atoms with Gasteiger partial charge in [0.05, 0.1) is 18.7 Å². The number of carbonyl (C=O) groups excluding carboxylic acids is 2. The molecule has 3 rings (SSSR count). The predicted octanol–water partition coefficient (Wildman–Crippen LogP) is 3.35. The molecule has 3 atom stereocenters. The Balaban J connectivity index is 1.90. The highest BCUT2D eigenvalue weighted by Crippen LogP contribution is 2.34. The van der Waals surface area contributed by atoms with Crippen LogP contribution in [0.5, 0.6) is 0 Å². The number of aromatic nitrogens is 1. The first-order valence-corrected chi connectivity index (χ1v) is 9.59. The summed E-state index contributed by atoms with van der Waals surface area (Å²) < 4.78 is 11.3. The van der Waals surface area contributed by atoms with E-state index in [2.05, 4.69) is 4.98 Å². The van der Waals surface area contributed by atoms with Crippen molar-refractivity contribution in [2.45, 2.75) is 51.0 Å². The van der Waals surface area contributed by atoms with Gasteiger partial charge in [0.2, 0.25) is 0 Å². The first-order valence-electron chi connectivity index (χ1n) is 9.59. The van der Waals surface area contributed by atoms with E-state index in [1.54, 1.807) is 39.0 Å². The largest absolute Gasteiger partial charge is 0.451 e. The molecular formula is C22H26N2O5. The topological polar surface area (TPSA) is 89.0 Å². The van der Waals surface area contributed by atoms with Crippen molar-refractivity contribution in [3.63, 3.8) is 0 Å². The van der Waals surface area contributed by atoms with Gasteiger partial charge in [-0.25, -0.2) is 14.6 Å². The Morgan fingerprint density at radius 1 is 1.14 bits per heavy atom. The van der Waals surface area contributed by atoms with Gasteiger partial charge >= 0.3 is 12.1 Å². The maximum absolute atomic E-state index is 12.7. The Morgan fingerprint density at radius 2 is 1.83 bits per heavy atom. The lowest BCUT2D eigenvalue weighted by Crippen LogP contribution is -2.43. The second-order valence-corrected chi connectivity index (χ2v) is 8.04. The van der Waals surface area contributed by atoms with Crippen molar-refractivity contribution in [3.05, 3.63) is 66.0 Å². The molecule has 1 aromatic carbocycles. The number of likely N-dealkylation sites (tertiary alicyclic amines) is 1. The average Bonchev–Trinajstić information content (AvgIpc) is 3.07. The van der Waals surface area contributed by atoms with Crippen molar-refractivity contribution in [3.8, 4) is 0 Å². The highest BCUT2D eigenvalue weighted by Gasteiger charge is 2.43. The number of nitrogens with zero attached hydrogens (tertiary/aromatic N) is 2. The lowest BCUT2D eigenvalue weighted by atomic mass is 9.99. The Bertz CT molecular complexity index is 835. The molecule has 154 valence electrons. The molecule has 1 amide bonds. The number of β-amino-alcohol motifs (C(OH)–C–C–N with tert-alkyl or cyclic N) is 1. The molecule has 7 nitrogen and oxygen atoms in total. The number of hydrogen-bond acceptors (Lipinski definition) is 6. The number of aliphatic hydroxyl groups excluding tert-OH is 1. The third kappa shape index (κ3) is 5.32. The number of pyridine rings is 1. The number of hydrogen-bond donors (Lipinski definition) is 1. The van der Waals surface area contributed by atoms with Crippen LogP contribution in [0.1, 0.15) is 49.3 Å². The van der Waals surface area contributed by atoms with Crippen LogP contribution in [0.2, 0.25) is 0 Å². The molecule has 0 unspecified atom stereocenters. The number of ether oxygens (including phenoxy) is 2. The third-order valence-electron chi connectivity index (χ3n) is 4.53. The monoisotopic (exact) mass is 398 g/mol. The molecule has 0 aliphatic carbocycles. The summed E-state index contributed by atoms with van der Waals surface area (Å²) in [6.07, 6.45) is -0.258. The number of aliphatic hydroxyl groups is 1. The van der Waals surface area contributed by atoms with E-state index >= 15 is 0 Å². The molecule has 2 heterocycles. The first kappa shape index (κ1) is 20.8. The van der Waals surface area contributed by atoms with E-state index in [9.17, 15) is 14.7 Å². The van der Waals surface area contributed by atoms with Crippen molar-refractivity contribution in [2.75, 3.05) is 6.54 Å². The predicted molar refractivity (Wildman–Crippen MR) is 106 cm³/mol. The first-order chi connectivity index (χ1) is 13.7. The summed E-state index contributed by atoms with van der Waals surface area (Å²) >= 11 is 0. The minimum absolute atomic E-state index is 0.115. The summed E-state index contributed by atoms with van der Waals surface area (Å²) in [7, 11) is 0. The molecule has 0 spiro atoms. The molecule has 1 fully saturated rings. The third-order valence-corrected chi connectivity index (χ3v) is 4.53. The zero-order valence-corrected chi connectivity index (χ0v) is 16.8. The molecule has 7 heteroatoms. The van der Waals surface area contributed by atoms with Crippen LogP contribution in [-0.4, -0.2) is 51.3 Å². The van der Waals surface area contributed by atoms with E-state index in [1.165, 1.54) is 11.1 Å². The Morgan fingerprint density at radius 3 is 2.45 bits per heavy atom. The number of rotatable bonds is 4. The zero-order valence-electron chi connectivity index (χ0n) is 16.8. The van der Waals surface area contributed by atoms with E-state index in [-0.39, 0.29) is 18.7 Å². The standard InChI is InChI=1S/C22H26N2O5/c1-22(2,3)29-21(27)24-14-16(25)13-18(24)19(15-9-5-4-6-10-15)28-20(26)17-11-7-8-12-23-17/h4-12,16,18-19,25H,13-14H2,1-3H3/t16-,18+,19-/m1/s1. The Kier molecular flexibility index (Phi) is 6.17. The van der Waals surface area contributed by atoms with Gasteiger partial charge in [-0.05, 0) is 44.9 Å². The summed E-state index contributed by atoms with van der Waals surface area (Å²) in [5, 5.41) is 10.3. The van der Waals surface area contributed by atoms with Gasteiger partial charge in [-0.15, -0.1) is 0 Å². The molecule has 0 radical (unpaired) electrons. The Labute approximate surface area is 170 Å². The average molecular weight is 398 g/mol. The van der Waals surface area contributed by atoms with Crippen LogP contribution < -0.4 is 0 Å². The smallest absolute Gasteiger partial charge is 0.410 e. The molecule has 1 saturated heterocycles. The van der Waals surface area contributed by atoms with E-state index in [1.807, 2.05) is 30.3 Å². The van der Waals surface area contributed by atoms with Crippen LogP contribution in [0.3, 0.4) is 0 Å². The van der Waals surface area contributed by atoms with Gasteiger partial charge in [0.15, 0.2) is 0 Å². The van der Waals surface area contributed by atoms with Crippen LogP contribution in [-0.2, 0) is 9.47 Å². The van der Waals surface area contributed by atoms with Gasteiger partial charge in [0.1, 0.15) is 17.4 Å². The highest BCUT2D eigenvalue weighted by atomic mass is 16.6. The van der Waals surface area contributed by atoms with Gasteiger partial charge in [-0.3, -0.25) is 4.90 Å². The molecule has 2 aromatic rings. The van der Waals surface area contributed by atoms with Gasteiger partial charge in [-0.1, -0.05) is 36.4 Å². The van der Waals surface area contributed by atoms with Crippen LogP contribution in [0.25, 0.3) is 0 Å². The van der Waals surface area contributed by atoms with Gasteiger partial charge in [0.25, 0.3) is 0 Å². The SMILES string of the molecule is CC(C)(C)OC(=O)N1C[C@H](O)C[C@H]1[C@H](OC(=O)c1ccccn1)c1ccccc1. The van der Waals surface area contributed by atoms with Crippen molar-refractivity contribution in [1.29, 1.82) is 0 Å². The molecule has 29 heavy (non-hydrogen) atoms. The maximum Gasteiger partial charge on any atom is 0.410 e. The van der Waals surface area contributed by atoms with Crippen molar-refractivity contribution >= 4 is 12.1 Å². The molecule has 1 aromatic heterocycles. The van der Waals surface area contributed by atoms with E-state index in [0.717, 1.165) is 5.56 Å². The van der Waals surface area contributed by atoms with Gasteiger partial charge in [0, 0.05) is 6.20 Å². The molecular weight excluding hydrogens is 372 g/mol. The lowest BCUT2D eigenvalue weighted by Gasteiger charge is -2.32. The highest BCUT2D eigenvalue weighted by molar-refractivity contribution is 5.87. The zero-order chi connectivity index (χ0) is 21.0. The summed E-state index contributed by atoms with van der Waals surface area (Å²) in [6.45, 7) is 5.45. The summed E-state index contributed by atoms with van der Waals surface area (Å²) in [5.74, 6) is -0.593. The second kappa shape index (κ2) is 8.61. The lowest BCUT2D eigenvalue weighted by molar-refractivity contribution is -0.0121. The van der Waals surface area contributed by atoms with Crippen LogP contribution >= 0.6 is 0 Å². The van der Waals surface area contributed by atoms with Crippen LogP contribution in [0.15, 0.2) is 54.7 Å². The van der Waals surface area contributed by atoms with Crippen LogP contribution in [0, 0.1) is 0 Å². The normalized spacial score (nSPS) is 20.2. The maximum atomic E-state index is 12.7. The number of amides is 1. The summed E-state index contributed by atoms with van der Waals surface area (Å²) in [6, 6.07) is 13.6. The number of esters is 1. The molecule has 0 saturated carbocycles. The van der Waals surface area contributed by atoms with E-state index in [4.69, 9.17) is 9.47 Å². The second-order valence-electron chi connectivity index (χ2n) is 8.04. The minimum Gasteiger partial charge on any atom is -0.451 e. The molecule has 1 aliphatic rings. The van der Waals surface area contributed by atoms with Crippen molar-refractivity contribution in [1.82, 2.24) is 9.88 Å². The number of benzene rings is 1. The van der Waals surface area contributed by atoms with Crippen molar-refractivity contribution < 1.29 is 24.2 Å². The fraction of sp³-hybridized carbons (Fsp3) is 0.409. The van der Waals surface area contributed by atoms with Crippen LogP contribution in [0.4, 0.5) is 4.79 Å². The summed E-state index contributed by atoms with van der Waals surface area (Å²) in [4.78, 5) is 30.9. The van der Waals surface area contributed by atoms with Gasteiger partial charge in [-0.2, -0.15) is 0 Å².